The number of thiol groups is 1. The fourth-order valence-corrected chi connectivity index (χ4v) is 1.38. The summed E-state index contributed by atoms with van der Waals surface area (Å²) in [6, 6.07) is 2.97. The molecule has 1 rings (SSSR count). The van der Waals surface area contributed by atoms with Gasteiger partial charge in [0, 0.05) is 11.8 Å². The molecule has 2 N–H and O–H groups in total. The van der Waals surface area contributed by atoms with Crippen LogP contribution in [0.2, 0.25) is 0 Å². The molecule has 7 heteroatoms. The van der Waals surface area contributed by atoms with Crippen molar-refractivity contribution >= 4 is 18.3 Å². The zero-order chi connectivity index (χ0) is 12.3. The van der Waals surface area contributed by atoms with Crippen molar-refractivity contribution in [2.24, 2.45) is 0 Å². The quantitative estimate of drug-likeness (QED) is 0.422. The molecule has 1 aromatic rings. The van der Waals surface area contributed by atoms with Crippen LogP contribution in [0.25, 0.3) is 0 Å². The van der Waals surface area contributed by atoms with E-state index in [1.165, 1.54) is 6.07 Å². The third kappa shape index (κ3) is 2.69. The van der Waals surface area contributed by atoms with Crippen LogP contribution in [0.15, 0.2) is 18.2 Å². The number of rotatable bonds is 4. The zero-order valence-corrected chi connectivity index (χ0v) is 8.97. The maximum atomic E-state index is 13.2. The number of halogens is 1. The highest BCUT2D eigenvalue weighted by molar-refractivity contribution is 7.80. The number of nitrogens with zero attached hydrogens (tertiary/aromatic N) is 1. The molecule has 16 heavy (non-hydrogen) atoms. The maximum absolute atomic E-state index is 13.2. The van der Waals surface area contributed by atoms with Gasteiger partial charge in [0.1, 0.15) is 6.10 Å². The molecule has 1 aromatic carbocycles. The summed E-state index contributed by atoms with van der Waals surface area (Å²) < 4.78 is 13.2. The van der Waals surface area contributed by atoms with Crippen LogP contribution in [0.5, 0.6) is 0 Å². The maximum Gasteiger partial charge on any atom is 0.304 e. The molecule has 0 spiro atoms. The second-order valence-corrected chi connectivity index (χ2v) is 3.53. The zero-order valence-electron chi connectivity index (χ0n) is 8.08. The summed E-state index contributed by atoms with van der Waals surface area (Å²) in [6.07, 6.45) is -2.46. The van der Waals surface area contributed by atoms with Crippen molar-refractivity contribution in [2.45, 2.75) is 12.2 Å². The van der Waals surface area contributed by atoms with Gasteiger partial charge in [0.2, 0.25) is 5.82 Å². The minimum atomic E-state index is -1.31. The molecule has 0 aliphatic carbocycles. The number of benzene rings is 1. The first kappa shape index (κ1) is 12.9. The van der Waals surface area contributed by atoms with E-state index in [1.54, 1.807) is 0 Å². The van der Waals surface area contributed by atoms with E-state index in [4.69, 9.17) is 0 Å². The van der Waals surface area contributed by atoms with Crippen LogP contribution in [0.3, 0.4) is 0 Å². The molecule has 0 aliphatic rings. The van der Waals surface area contributed by atoms with E-state index in [0.29, 0.717) is 0 Å². The summed E-state index contributed by atoms with van der Waals surface area (Å²) in [5, 5.41) is 29.1. The van der Waals surface area contributed by atoms with Crippen molar-refractivity contribution in [3.05, 3.63) is 39.7 Å². The molecule has 0 aromatic heterocycles. The Kier molecular flexibility index (Phi) is 4.22. The van der Waals surface area contributed by atoms with Gasteiger partial charge < -0.3 is 10.2 Å². The molecule has 2 atom stereocenters. The summed E-state index contributed by atoms with van der Waals surface area (Å²) in [5.41, 5.74) is -0.596. The van der Waals surface area contributed by atoms with Crippen LogP contribution in [-0.2, 0) is 0 Å². The molecule has 88 valence electrons. The average molecular weight is 247 g/mol. The van der Waals surface area contributed by atoms with Crippen molar-refractivity contribution in [3.8, 4) is 0 Å². The topological polar surface area (TPSA) is 83.6 Å². The van der Waals surface area contributed by atoms with E-state index >= 15 is 0 Å². The van der Waals surface area contributed by atoms with Gasteiger partial charge in [-0.1, -0.05) is 0 Å². The van der Waals surface area contributed by atoms with Crippen LogP contribution in [-0.4, -0.2) is 27.0 Å². The van der Waals surface area contributed by atoms with Crippen molar-refractivity contribution in [3.63, 3.8) is 0 Å². The molecular weight excluding hydrogens is 237 g/mol. The third-order valence-corrected chi connectivity index (χ3v) is 2.44. The van der Waals surface area contributed by atoms with Gasteiger partial charge in [0.15, 0.2) is 0 Å². The fourth-order valence-electron chi connectivity index (χ4n) is 1.18. The van der Waals surface area contributed by atoms with E-state index in [0.717, 1.165) is 12.1 Å². The standard InChI is InChI=1S/C9H10FNO4S/c10-6-3-5(9(13)8(12)4-16)1-2-7(6)11(14)15/h1-3,8-9,12-13,16H,4H2. The van der Waals surface area contributed by atoms with E-state index < -0.39 is 28.6 Å². The Balaban J connectivity index is 3.01. The SMILES string of the molecule is O=[N+]([O-])c1ccc(C(O)C(O)CS)cc1F. The smallest absolute Gasteiger partial charge is 0.304 e. The highest BCUT2D eigenvalue weighted by atomic mass is 32.1. The van der Waals surface area contributed by atoms with Gasteiger partial charge in [0.25, 0.3) is 0 Å². The lowest BCUT2D eigenvalue weighted by Gasteiger charge is -2.15. The number of aliphatic hydroxyl groups excluding tert-OH is 2. The van der Waals surface area contributed by atoms with Gasteiger partial charge in [-0.05, 0) is 17.7 Å². The predicted octanol–water partition coefficient (Wildman–Crippen LogP) is 1.06. The van der Waals surface area contributed by atoms with Gasteiger partial charge in [-0.25, -0.2) is 0 Å². The molecule has 0 bridgehead atoms. The molecule has 0 aliphatic heterocycles. The normalized spacial score (nSPS) is 14.5. The first-order valence-electron chi connectivity index (χ1n) is 4.38. The van der Waals surface area contributed by atoms with Crippen molar-refractivity contribution in [2.75, 3.05) is 5.75 Å². The van der Waals surface area contributed by atoms with Crippen LogP contribution >= 0.6 is 12.6 Å². The molecule has 0 saturated carbocycles. The van der Waals surface area contributed by atoms with Crippen molar-refractivity contribution in [1.82, 2.24) is 0 Å². The Morgan fingerprint density at radius 3 is 2.56 bits per heavy atom. The number of hydrogen-bond acceptors (Lipinski definition) is 5. The second kappa shape index (κ2) is 5.24. The molecule has 2 unspecified atom stereocenters. The molecule has 0 heterocycles. The Labute approximate surface area is 96.1 Å². The average Bonchev–Trinajstić information content (AvgIpc) is 2.26. The lowest BCUT2D eigenvalue weighted by molar-refractivity contribution is -0.387. The summed E-state index contributed by atoms with van der Waals surface area (Å²) in [6.45, 7) is 0. The second-order valence-electron chi connectivity index (χ2n) is 3.16. The summed E-state index contributed by atoms with van der Waals surface area (Å²) in [4.78, 5) is 9.47. The first-order valence-corrected chi connectivity index (χ1v) is 5.01. The Bertz CT molecular complexity index is 401. The lowest BCUT2D eigenvalue weighted by atomic mass is 10.0. The van der Waals surface area contributed by atoms with E-state index in [-0.39, 0.29) is 11.3 Å². The van der Waals surface area contributed by atoms with Gasteiger partial charge in [-0.3, -0.25) is 10.1 Å². The highest BCUT2D eigenvalue weighted by Crippen LogP contribution is 2.23. The van der Waals surface area contributed by atoms with Crippen LogP contribution in [0.1, 0.15) is 11.7 Å². The number of nitro benzene ring substituents is 1. The molecule has 0 fully saturated rings. The highest BCUT2D eigenvalue weighted by Gasteiger charge is 2.21. The Hall–Kier alpha value is -1.18. The van der Waals surface area contributed by atoms with Crippen LogP contribution in [0, 0.1) is 15.9 Å². The predicted molar refractivity (Wildman–Crippen MR) is 57.9 cm³/mol. The lowest BCUT2D eigenvalue weighted by Crippen LogP contribution is -2.19. The van der Waals surface area contributed by atoms with E-state index in [2.05, 4.69) is 12.6 Å². The Morgan fingerprint density at radius 1 is 1.50 bits per heavy atom. The van der Waals surface area contributed by atoms with Crippen LogP contribution in [0.4, 0.5) is 10.1 Å². The fraction of sp³-hybridized carbons (Fsp3) is 0.333. The van der Waals surface area contributed by atoms with E-state index in [1.807, 2.05) is 0 Å². The first-order chi connectivity index (χ1) is 7.47. The molecule has 0 radical (unpaired) electrons. The summed E-state index contributed by atoms with van der Waals surface area (Å²) >= 11 is 3.77. The third-order valence-electron chi connectivity index (χ3n) is 2.06. The summed E-state index contributed by atoms with van der Waals surface area (Å²) in [7, 11) is 0. The molecule has 5 nitrogen and oxygen atoms in total. The molecule has 0 amide bonds. The van der Waals surface area contributed by atoms with E-state index in [9.17, 15) is 24.7 Å². The summed E-state index contributed by atoms with van der Waals surface area (Å²) in [5.74, 6) is -1.05. The van der Waals surface area contributed by atoms with Crippen molar-refractivity contribution < 1.29 is 19.5 Å². The monoisotopic (exact) mass is 247 g/mol. The number of nitro groups is 1. The van der Waals surface area contributed by atoms with Crippen LogP contribution < -0.4 is 0 Å². The Morgan fingerprint density at radius 2 is 2.12 bits per heavy atom. The minimum Gasteiger partial charge on any atom is -0.389 e. The number of aliphatic hydroxyl groups is 2. The van der Waals surface area contributed by atoms with Gasteiger partial charge in [-0.2, -0.15) is 17.0 Å². The van der Waals surface area contributed by atoms with Crippen molar-refractivity contribution in [1.29, 1.82) is 0 Å². The van der Waals surface area contributed by atoms with Gasteiger partial charge in [-0.15, -0.1) is 0 Å². The van der Waals surface area contributed by atoms with Gasteiger partial charge >= 0.3 is 5.69 Å². The van der Waals surface area contributed by atoms with Gasteiger partial charge in [0.05, 0.1) is 11.0 Å². The number of hydrogen-bond donors (Lipinski definition) is 3. The minimum absolute atomic E-state index is 0.000225. The molecular formula is C9H10FNO4S. The molecule has 0 saturated heterocycles. The largest absolute Gasteiger partial charge is 0.389 e.